The van der Waals surface area contributed by atoms with Gasteiger partial charge in [-0.2, -0.15) is 0 Å². The summed E-state index contributed by atoms with van der Waals surface area (Å²) in [6, 6.07) is 1.66. The number of hydrogen-bond acceptors (Lipinski definition) is 4. The summed E-state index contributed by atoms with van der Waals surface area (Å²) in [5.41, 5.74) is 5.98. The molecule has 0 heterocycles. The van der Waals surface area contributed by atoms with Crippen molar-refractivity contribution >= 4 is 17.5 Å². The predicted octanol–water partition coefficient (Wildman–Crippen LogP) is -0.144. The number of amides is 2. The van der Waals surface area contributed by atoms with Gasteiger partial charge in [0.2, 0.25) is 5.91 Å². The van der Waals surface area contributed by atoms with Gasteiger partial charge in [0.1, 0.15) is 5.69 Å². The van der Waals surface area contributed by atoms with Crippen molar-refractivity contribution in [3.05, 3.63) is 29.3 Å². The highest BCUT2D eigenvalue weighted by Gasteiger charge is 2.14. The number of nitrogens with one attached hydrogen (secondary N) is 2. The predicted molar refractivity (Wildman–Crippen MR) is 60.3 cm³/mol. The number of carbonyl (C=O) groups excluding carboxylic acids is 2. The van der Waals surface area contributed by atoms with Crippen LogP contribution in [0.3, 0.4) is 0 Å². The first-order valence-electron chi connectivity index (χ1n) is 4.98. The van der Waals surface area contributed by atoms with E-state index in [0.29, 0.717) is 0 Å². The lowest BCUT2D eigenvalue weighted by molar-refractivity contribution is -0.117. The van der Waals surface area contributed by atoms with E-state index in [-0.39, 0.29) is 18.5 Å². The minimum absolute atomic E-state index is 0.00566. The van der Waals surface area contributed by atoms with Gasteiger partial charge in [0.15, 0.2) is 11.6 Å². The topological polar surface area (TPSA) is 110 Å². The number of nitrogen functional groups attached to an aromatic ring is 1. The third-order valence-electron chi connectivity index (χ3n) is 2.11. The highest BCUT2D eigenvalue weighted by molar-refractivity contribution is 5.94. The van der Waals surface area contributed by atoms with Crippen LogP contribution < -0.4 is 22.3 Å². The molecule has 0 atom stereocenters. The van der Waals surface area contributed by atoms with E-state index >= 15 is 0 Å². The Morgan fingerprint density at radius 2 is 1.78 bits per heavy atom. The van der Waals surface area contributed by atoms with Gasteiger partial charge in [0.05, 0.1) is 0 Å². The second kappa shape index (κ2) is 5.92. The zero-order valence-corrected chi connectivity index (χ0v) is 9.30. The summed E-state index contributed by atoms with van der Waals surface area (Å²) in [5, 5.41) is 2.30. The van der Waals surface area contributed by atoms with E-state index in [9.17, 15) is 18.4 Å². The molecule has 1 rings (SSSR count). The van der Waals surface area contributed by atoms with Crippen LogP contribution in [0.4, 0.5) is 14.5 Å². The van der Waals surface area contributed by atoms with Crippen LogP contribution in [0, 0.1) is 11.6 Å². The van der Waals surface area contributed by atoms with Crippen molar-refractivity contribution in [3.8, 4) is 0 Å². The number of rotatable bonds is 5. The molecule has 0 fully saturated rings. The molecule has 98 valence electrons. The lowest BCUT2D eigenvalue weighted by Crippen LogP contribution is -2.28. The van der Waals surface area contributed by atoms with Crippen LogP contribution in [-0.4, -0.2) is 18.4 Å². The molecule has 2 amide bonds. The molecule has 0 saturated heterocycles. The van der Waals surface area contributed by atoms with E-state index in [2.05, 4.69) is 5.32 Å². The van der Waals surface area contributed by atoms with Crippen LogP contribution in [0.5, 0.6) is 0 Å². The molecule has 0 radical (unpaired) electrons. The molecule has 1 aromatic carbocycles. The van der Waals surface area contributed by atoms with Crippen LogP contribution in [0.1, 0.15) is 16.8 Å². The molecule has 0 spiro atoms. The number of hydrazine groups is 1. The zero-order valence-electron chi connectivity index (χ0n) is 9.30. The molecule has 0 aliphatic rings. The summed E-state index contributed by atoms with van der Waals surface area (Å²) in [6.07, 6.45) is -0.0564. The highest BCUT2D eigenvalue weighted by Crippen LogP contribution is 2.19. The normalized spacial score (nSPS) is 9.94. The molecule has 0 aliphatic heterocycles. The van der Waals surface area contributed by atoms with Gasteiger partial charge in [-0.05, 0) is 12.1 Å². The lowest BCUT2D eigenvalue weighted by atomic mass is 10.1. The molecular formula is C10H12F2N4O2. The molecular weight excluding hydrogens is 246 g/mol. The Morgan fingerprint density at radius 1 is 1.22 bits per heavy atom. The smallest absolute Gasteiger partial charge is 0.251 e. The van der Waals surface area contributed by atoms with Gasteiger partial charge in [0, 0.05) is 18.5 Å². The SMILES string of the molecule is NNc1c(F)cc(C(=O)NCCC(N)=O)cc1F. The van der Waals surface area contributed by atoms with E-state index in [1.54, 1.807) is 0 Å². The van der Waals surface area contributed by atoms with Crippen LogP contribution in [0.15, 0.2) is 12.1 Å². The van der Waals surface area contributed by atoms with Crippen molar-refractivity contribution in [3.63, 3.8) is 0 Å². The Bertz CT molecular complexity index is 456. The van der Waals surface area contributed by atoms with Crippen molar-refractivity contribution in [1.29, 1.82) is 0 Å². The Morgan fingerprint density at radius 3 is 2.22 bits per heavy atom. The third-order valence-corrected chi connectivity index (χ3v) is 2.11. The Hall–Kier alpha value is -2.22. The average Bonchev–Trinajstić information content (AvgIpc) is 2.27. The molecule has 8 heteroatoms. The molecule has 0 aliphatic carbocycles. The molecule has 1 aromatic rings. The fourth-order valence-electron chi connectivity index (χ4n) is 1.24. The fraction of sp³-hybridized carbons (Fsp3) is 0.200. The number of anilines is 1. The molecule has 0 bridgehead atoms. The molecule has 0 aromatic heterocycles. The maximum Gasteiger partial charge on any atom is 0.251 e. The molecule has 18 heavy (non-hydrogen) atoms. The van der Waals surface area contributed by atoms with Crippen molar-refractivity contribution in [2.45, 2.75) is 6.42 Å². The van der Waals surface area contributed by atoms with E-state index in [4.69, 9.17) is 11.6 Å². The Kier molecular flexibility index (Phi) is 4.55. The summed E-state index contributed by atoms with van der Waals surface area (Å²) in [4.78, 5) is 21.9. The van der Waals surface area contributed by atoms with Gasteiger partial charge in [-0.15, -0.1) is 0 Å². The van der Waals surface area contributed by atoms with Crippen molar-refractivity contribution in [2.24, 2.45) is 11.6 Å². The number of nitrogens with two attached hydrogens (primary N) is 2. The van der Waals surface area contributed by atoms with Crippen LogP contribution in [0.2, 0.25) is 0 Å². The monoisotopic (exact) mass is 258 g/mol. The minimum Gasteiger partial charge on any atom is -0.370 e. The molecule has 0 unspecified atom stereocenters. The summed E-state index contributed by atoms with van der Waals surface area (Å²) in [6.45, 7) is -0.00566. The second-order valence-corrected chi connectivity index (χ2v) is 3.43. The van der Waals surface area contributed by atoms with Crippen LogP contribution in [0.25, 0.3) is 0 Å². The van der Waals surface area contributed by atoms with Gasteiger partial charge >= 0.3 is 0 Å². The number of hydrogen-bond donors (Lipinski definition) is 4. The van der Waals surface area contributed by atoms with E-state index in [1.807, 2.05) is 5.43 Å². The standard InChI is InChI=1S/C10H12F2N4O2/c11-6-3-5(4-7(12)9(6)16-14)10(18)15-2-1-8(13)17/h3-4,16H,1-2,14H2,(H2,13,17)(H,15,18). The quantitative estimate of drug-likeness (QED) is 0.435. The van der Waals surface area contributed by atoms with Gasteiger partial charge in [-0.1, -0.05) is 0 Å². The third kappa shape index (κ3) is 3.39. The summed E-state index contributed by atoms with van der Waals surface area (Å²) >= 11 is 0. The highest BCUT2D eigenvalue weighted by atomic mass is 19.1. The van der Waals surface area contributed by atoms with Crippen molar-refractivity contribution < 1.29 is 18.4 Å². The number of carbonyl (C=O) groups is 2. The zero-order chi connectivity index (χ0) is 13.7. The van der Waals surface area contributed by atoms with Crippen molar-refractivity contribution in [2.75, 3.05) is 12.0 Å². The average molecular weight is 258 g/mol. The van der Waals surface area contributed by atoms with Gasteiger partial charge in [0.25, 0.3) is 5.91 Å². The van der Waals surface area contributed by atoms with Gasteiger partial charge in [-0.25, -0.2) is 8.78 Å². The molecule has 6 N–H and O–H groups in total. The van der Waals surface area contributed by atoms with Crippen LogP contribution >= 0.6 is 0 Å². The number of benzene rings is 1. The first kappa shape index (κ1) is 13.8. The van der Waals surface area contributed by atoms with Gasteiger partial charge in [-0.3, -0.25) is 15.4 Å². The van der Waals surface area contributed by atoms with Gasteiger partial charge < -0.3 is 16.5 Å². The second-order valence-electron chi connectivity index (χ2n) is 3.43. The maximum atomic E-state index is 13.3. The van der Waals surface area contributed by atoms with Crippen molar-refractivity contribution in [1.82, 2.24) is 5.32 Å². The summed E-state index contributed by atoms with van der Waals surface area (Å²) in [5.74, 6) is 1.63. The van der Waals surface area contributed by atoms with Crippen LogP contribution in [-0.2, 0) is 4.79 Å². The first-order chi connectivity index (χ1) is 8.45. The first-order valence-corrected chi connectivity index (χ1v) is 4.98. The lowest BCUT2D eigenvalue weighted by Gasteiger charge is -2.07. The Balaban J connectivity index is 2.78. The summed E-state index contributed by atoms with van der Waals surface area (Å²) in [7, 11) is 0. The number of halogens is 2. The summed E-state index contributed by atoms with van der Waals surface area (Å²) < 4.78 is 26.6. The molecule has 6 nitrogen and oxygen atoms in total. The van der Waals surface area contributed by atoms with E-state index < -0.39 is 29.1 Å². The van der Waals surface area contributed by atoms with E-state index in [1.165, 1.54) is 0 Å². The minimum atomic E-state index is -0.988. The largest absolute Gasteiger partial charge is 0.370 e. The maximum absolute atomic E-state index is 13.3. The van der Waals surface area contributed by atoms with E-state index in [0.717, 1.165) is 12.1 Å². The molecule has 0 saturated carbocycles. The Labute approximate surface area is 101 Å². The fourth-order valence-corrected chi connectivity index (χ4v) is 1.24. The number of primary amides is 1.